The lowest BCUT2D eigenvalue weighted by molar-refractivity contribution is 0.378. The minimum Gasteiger partial charge on any atom is -0.301 e. The summed E-state index contributed by atoms with van der Waals surface area (Å²) in [7, 11) is 0. The molecule has 0 radical (unpaired) electrons. The van der Waals surface area contributed by atoms with Gasteiger partial charge in [0.2, 0.25) is 0 Å². The summed E-state index contributed by atoms with van der Waals surface area (Å²) in [5.41, 5.74) is 0.946. The van der Waals surface area contributed by atoms with Gasteiger partial charge in [0, 0.05) is 6.54 Å². The van der Waals surface area contributed by atoms with Gasteiger partial charge >= 0.3 is 0 Å². The van der Waals surface area contributed by atoms with Crippen LogP contribution < -0.4 is 5.32 Å². The Balaban J connectivity index is 2.00. The monoisotopic (exact) mass is 217 g/mol. The minimum absolute atomic E-state index is 0.289. The van der Waals surface area contributed by atoms with Gasteiger partial charge in [0.15, 0.2) is 5.82 Å². The lowest BCUT2D eigenvalue weighted by Crippen LogP contribution is -2.37. The van der Waals surface area contributed by atoms with Gasteiger partial charge in [0.05, 0.1) is 5.54 Å². The van der Waals surface area contributed by atoms with E-state index in [0.29, 0.717) is 5.82 Å². The number of aromatic nitrogens is 4. The van der Waals surface area contributed by atoms with Crippen molar-refractivity contribution >= 4 is 0 Å². The van der Waals surface area contributed by atoms with E-state index in [1.807, 2.05) is 32.0 Å². The third-order valence-corrected chi connectivity index (χ3v) is 2.48. The SMILES string of the molecule is CC(C)(NCc1ccccc1)c1nn[nH]n1. The Morgan fingerprint density at radius 1 is 1.25 bits per heavy atom. The number of benzene rings is 1. The van der Waals surface area contributed by atoms with E-state index in [2.05, 4.69) is 38.1 Å². The van der Waals surface area contributed by atoms with Crippen molar-refractivity contribution in [1.29, 1.82) is 0 Å². The number of rotatable bonds is 4. The van der Waals surface area contributed by atoms with Crippen LogP contribution in [0.15, 0.2) is 30.3 Å². The van der Waals surface area contributed by atoms with Crippen LogP contribution in [-0.2, 0) is 12.1 Å². The van der Waals surface area contributed by atoms with Gasteiger partial charge < -0.3 is 5.32 Å². The molecule has 1 heterocycles. The number of H-pyrrole nitrogens is 1. The predicted octanol–water partition coefficient (Wildman–Crippen LogP) is 1.22. The third kappa shape index (κ3) is 2.43. The summed E-state index contributed by atoms with van der Waals surface area (Å²) in [5.74, 6) is 0.670. The Morgan fingerprint density at radius 3 is 2.62 bits per heavy atom. The molecular formula is C11H15N5. The number of nitrogens with one attached hydrogen (secondary N) is 2. The summed E-state index contributed by atoms with van der Waals surface area (Å²) in [6.07, 6.45) is 0. The normalized spacial score (nSPS) is 11.6. The highest BCUT2D eigenvalue weighted by Gasteiger charge is 2.24. The molecule has 2 N–H and O–H groups in total. The number of aromatic amines is 1. The van der Waals surface area contributed by atoms with Gasteiger partial charge in [-0.25, -0.2) is 0 Å². The van der Waals surface area contributed by atoms with Crippen molar-refractivity contribution in [3.63, 3.8) is 0 Å². The van der Waals surface area contributed by atoms with Crippen LogP contribution in [0, 0.1) is 0 Å². The molecule has 0 amide bonds. The van der Waals surface area contributed by atoms with E-state index in [-0.39, 0.29) is 5.54 Å². The summed E-state index contributed by atoms with van der Waals surface area (Å²) in [6, 6.07) is 10.2. The first-order chi connectivity index (χ1) is 7.68. The topological polar surface area (TPSA) is 66.5 Å². The van der Waals surface area contributed by atoms with Crippen molar-refractivity contribution in [3.8, 4) is 0 Å². The Kier molecular flexibility index (Phi) is 2.96. The fourth-order valence-corrected chi connectivity index (χ4v) is 1.42. The van der Waals surface area contributed by atoms with Crippen LogP contribution >= 0.6 is 0 Å². The van der Waals surface area contributed by atoms with Gasteiger partial charge in [-0.15, -0.1) is 10.2 Å². The van der Waals surface area contributed by atoms with Gasteiger partial charge in [-0.3, -0.25) is 0 Å². The quantitative estimate of drug-likeness (QED) is 0.808. The first kappa shape index (κ1) is 10.8. The lowest BCUT2D eigenvalue weighted by Gasteiger charge is -2.22. The molecule has 16 heavy (non-hydrogen) atoms. The summed E-state index contributed by atoms with van der Waals surface area (Å²) in [4.78, 5) is 0. The highest BCUT2D eigenvalue weighted by Crippen LogP contribution is 2.14. The summed E-state index contributed by atoms with van der Waals surface area (Å²) in [5, 5.41) is 17.4. The molecule has 0 saturated carbocycles. The van der Waals surface area contributed by atoms with E-state index >= 15 is 0 Å². The first-order valence-corrected chi connectivity index (χ1v) is 5.21. The molecule has 0 aliphatic heterocycles. The maximum Gasteiger partial charge on any atom is 0.193 e. The third-order valence-electron chi connectivity index (χ3n) is 2.48. The van der Waals surface area contributed by atoms with Crippen LogP contribution in [0.2, 0.25) is 0 Å². The van der Waals surface area contributed by atoms with E-state index in [1.54, 1.807) is 0 Å². The highest BCUT2D eigenvalue weighted by molar-refractivity contribution is 5.15. The zero-order valence-electron chi connectivity index (χ0n) is 9.44. The zero-order chi connectivity index (χ0) is 11.4. The van der Waals surface area contributed by atoms with Crippen LogP contribution in [0.4, 0.5) is 0 Å². The van der Waals surface area contributed by atoms with E-state index in [9.17, 15) is 0 Å². The highest BCUT2D eigenvalue weighted by atomic mass is 15.5. The number of hydrogen-bond donors (Lipinski definition) is 2. The molecule has 84 valence electrons. The number of tetrazole rings is 1. The van der Waals surface area contributed by atoms with Crippen molar-refractivity contribution in [2.75, 3.05) is 0 Å². The fraction of sp³-hybridized carbons (Fsp3) is 0.364. The molecule has 1 aromatic carbocycles. The maximum atomic E-state index is 3.99. The maximum absolute atomic E-state index is 3.99. The van der Waals surface area contributed by atoms with Gasteiger partial charge in [-0.1, -0.05) is 35.5 Å². The van der Waals surface area contributed by atoms with Crippen LogP contribution in [0.25, 0.3) is 0 Å². The molecule has 0 bridgehead atoms. The standard InChI is InChI=1S/C11H15N5/c1-11(2,10-13-15-16-14-10)12-8-9-6-4-3-5-7-9/h3-7,12H,8H2,1-2H3,(H,13,14,15,16). The van der Waals surface area contributed by atoms with Crippen molar-refractivity contribution in [2.24, 2.45) is 0 Å². The van der Waals surface area contributed by atoms with E-state index in [0.717, 1.165) is 6.54 Å². The van der Waals surface area contributed by atoms with Gasteiger partial charge in [-0.05, 0) is 19.4 Å². The fourth-order valence-electron chi connectivity index (χ4n) is 1.42. The molecule has 0 atom stereocenters. The molecule has 0 saturated heterocycles. The smallest absolute Gasteiger partial charge is 0.193 e. The van der Waals surface area contributed by atoms with Gasteiger partial charge in [0.25, 0.3) is 0 Å². The molecule has 0 spiro atoms. The van der Waals surface area contributed by atoms with E-state index in [4.69, 9.17) is 0 Å². The summed E-state index contributed by atoms with van der Waals surface area (Å²) in [6.45, 7) is 4.84. The lowest BCUT2D eigenvalue weighted by atomic mass is 10.0. The Bertz CT molecular complexity index is 421. The van der Waals surface area contributed by atoms with Crippen molar-refractivity contribution in [3.05, 3.63) is 41.7 Å². The summed E-state index contributed by atoms with van der Waals surface area (Å²) >= 11 is 0. The van der Waals surface area contributed by atoms with Crippen molar-refractivity contribution < 1.29 is 0 Å². The zero-order valence-corrected chi connectivity index (χ0v) is 9.44. The molecule has 1 aromatic heterocycles. The average Bonchev–Trinajstić information content (AvgIpc) is 2.82. The minimum atomic E-state index is -0.289. The van der Waals surface area contributed by atoms with E-state index < -0.39 is 0 Å². The Labute approximate surface area is 94.3 Å². The predicted molar refractivity (Wildman–Crippen MR) is 60.5 cm³/mol. The molecule has 0 aliphatic carbocycles. The molecule has 2 aromatic rings. The van der Waals surface area contributed by atoms with Crippen molar-refractivity contribution in [1.82, 2.24) is 25.9 Å². The molecule has 2 rings (SSSR count). The Morgan fingerprint density at radius 2 is 2.00 bits per heavy atom. The molecule has 0 unspecified atom stereocenters. The summed E-state index contributed by atoms with van der Waals surface area (Å²) < 4.78 is 0. The Hall–Kier alpha value is -1.75. The second-order valence-electron chi connectivity index (χ2n) is 4.20. The van der Waals surface area contributed by atoms with Gasteiger partial charge in [0.1, 0.15) is 0 Å². The molecule has 5 nitrogen and oxygen atoms in total. The first-order valence-electron chi connectivity index (χ1n) is 5.21. The van der Waals surface area contributed by atoms with Crippen LogP contribution in [0.1, 0.15) is 25.2 Å². The number of nitrogens with zero attached hydrogens (tertiary/aromatic N) is 3. The van der Waals surface area contributed by atoms with E-state index in [1.165, 1.54) is 5.56 Å². The second-order valence-corrected chi connectivity index (χ2v) is 4.20. The van der Waals surface area contributed by atoms with Crippen LogP contribution in [0.3, 0.4) is 0 Å². The number of hydrogen-bond acceptors (Lipinski definition) is 4. The second kappa shape index (κ2) is 4.40. The van der Waals surface area contributed by atoms with Crippen molar-refractivity contribution in [2.45, 2.75) is 25.9 Å². The van der Waals surface area contributed by atoms with Crippen LogP contribution in [0.5, 0.6) is 0 Å². The molecule has 5 heteroatoms. The van der Waals surface area contributed by atoms with Crippen LogP contribution in [-0.4, -0.2) is 20.6 Å². The average molecular weight is 217 g/mol. The largest absolute Gasteiger partial charge is 0.301 e. The van der Waals surface area contributed by atoms with Gasteiger partial charge in [-0.2, -0.15) is 5.21 Å². The molecule has 0 aliphatic rings. The molecule has 0 fully saturated rings. The molecular weight excluding hydrogens is 202 g/mol.